The number of benzene rings is 8. The van der Waals surface area contributed by atoms with Gasteiger partial charge in [-0.05, 0) is 150 Å². The fraction of sp³-hybridized carbons (Fsp3) is 0.179. The molecule has 5 heteroatoms. The molecule has 0 unspecified atom stereocenters. The molecule has 0 radical (unpaired) electrons. The summed E-state index contributed by atoms with van der Waals surface area (Å²) in [4.78, 5) is 3.38. The summed E-state index contributed by atoms with van der Waals surface area (Å²) < 4.78 is 31.7. The Balaban J connectivity index is 0.947. The molecule has 4 nitrogen and oxygen atoms in total. The first kappa shape index (κ1) is 35.3. The number of nitrogens with zero attached hydrogens (tertiary/aromatic N) is 2. The van der Waals surface area contributed by atoms with Gasteiger partial charge in [0, 0.05) is 38.6 Å². The van der Waals surface area contributed by atoms with E-state index in [0.717, 1.165) is 67.6 Å². The van der Waals surface area contributed by atoms with Crippen molar-refractivity contribution in [3.8, 4) is 16.8 Å². The highest BCUT2D eigenvalue weighted by molar-refractivity contribution is 7.91. The Labute approximate surface area is 356 Å². The average molecular weight is 809 g/mol. The second-order valence-corrected chi connectivity index (χ2v) is 20.0. The first-order chi connectivity index (χ1) is 30.0. The van der Waals surface area contributed by atoms with Gasteiger partial charge in [-0.25, -0.2) is 8.42 Å². The van der Waals surface area contributed by atoms with E-state index in [4.69, 9.17) is 0 Å². The summed E-state index contributed by atoms with van der Waals surface area (Å²) in [5.41, 5.74) is 10.6. The summed E-state index contributed by atoms with van der Waals surface area (Å²) in [5.74, 6) is 2.36. The fourth-order valence-corrected chi connectivity index (χ4v) is 14.8. The lowest BCUT2D eigenvalue weighted by Gasteiger charge is -2.63. The summed E-state index contributed by atoms with van der Waals surface area (Å²) in [5, 5.41) is 4.82. The molecule has 4 bridgehead atoms. The molecule has 8 aromatic carbocycles. The van der Waals surface area contributed by atoms with E-state index >= 15 is 0 Å². The zero-order valence-corrected chi connectivity index (χ0v) is 34.6. The molecule has 0 amide bonds. The average Bonchev–Trinajstić information content (AvgIpc) is 3.64. The van der Waals surface area contributed by atoms with Crippen LogP contribution in [0.1, 0.15) is 43.2 Å². The number of hydrogen-bond acceptors (Lipinski definition) is 3. The minimum absolute atomic E-state index is 0.319. The highest BCUT2D eigenvalue weighted by Gasteiger charge is 2.62. The Kier molecular flexibility index (Phi) is 7.55. The molecule has 0 N–H and O–H groups in total. The Morgan fingerprint density at radius 2 is 1.02 bits per heavy atom. The Morgan fingerprint density at radius 3 is 1.70 bits per heavy atom. The summed E-state index contributed by atoms with van der Waals surface area (Å²) in [6, 6.07) is 64.4. The lowest BCUT2D eigenvalue weighted by Crippen LogP contribution is -2.57. The fourth-order valence-electron chi connectivity index (χ4n) is 13.0. The monoisotopic (exact) mass is 808 g/mol. The lowest BCUT2D eigenvalue weighted by molar-refractivity contribution is -0.0446. The maximum Gasteiger partial charge on any atom is 0.207 e. The maximum atomic E-state index is 14.7. The topological polar surface area (TPSA) is 42.3 Å². The molecule has 0 atom stereocenters. The van der Waals surface area contributed by atoms with Gasteiger partial charge in [0.25, 0.3) is 0 Å². The molecular formula is C56H44N2O2S. The summed E-state index contributed by atoms with van der Waals surface area (Å²) in [6.07, 6.45) is 6.06. The zero-order chi connectivity index (χ0) is 40.5. The Morgan fingerprint density at radius 1 is 0.475 bits per heavy atom. The van der Waals surface area contributed by atoms with E-state index in [0.29, 0.717) is 21.6 Å². The number of fused-ring (bicyclic) bond motifs is 6. The van der Waals surface area contributed by atoms with Crippen LogP contribution in [0.25, 0.3) is 49.4 Å². The van der Waals surface area contributed by atoms with Crippen LogP contribution in [0.3, 0.4) is 0 Å². The highest BCUT2D eigenvalue weighted by Crippen LogP contribution is 2.68. The normalized spacial score (nSPS) is 23.1. The van der Waals surface area contributed by atoms with Crippen molar-refractivity contribution in [3.63, 3.8) is 0 Å². The number of para-hydroxylation sites is 2. The largest absolute Gasteiger partial charge is 0.310 e. The first-order valence-electron chi connectivity index (χ1n) is 21.9. The van der Waals surface area contributed by atoms with Crippen LogP contribution in [0, 0.1) is 23.7 Å². The predicted molar refractivity (Wildman–Crippen MR) is 248 cm³/mol. The van der Waals surface area contributed by atoms with Gasteiger partial charge in [-0.2, -0.15) is 0 Å². The van der Waals surface area contributed by atoms with Crippen molar-refractivity contribution < 1.29 is 8.42 Å². The zero-order valence-electron chi connectivity index (χ0n) is 33.8. The van der Waals surface area contributed by atoms with Gasteiger partial charge in [0.2, 0.25) is 9.84 Å². The molecule has 2 heterocycles. The van der Waals surface area contributed by atoms with E-state index in [1.165, 1.54) is 53.9 Å². The maximum absolute atomic E-state index is 14.7. The van der Waals surface area contributed by atoms with Gasteiger partial charge in [0.1, 0.15) is 0 Å². The van der Waals surface area contributed by atoms with Crippen LogP contribution >= 0.6 is 0 Å². The molecule has 4 saturated carbocycles. The second-order valence-electron chi connectivity index (χ2n) is 18.2. The van der Waals surface area contributed by atoms with Gasteiger partial charge in [-0.15, -0.1) is 0 Å². The van der Waals surface area contributed by atoms with Crippen LogP contribution in [-0.2, 0) is 15.3 Å². The van der Waals surface area contributed by atoms with Crippen molar-refractivity contribution in [2.75, 3.05) is 4.90 Å². The standard InChI is InChI=1S/C56H44N2O2S/c59-61(60)54-19-8-5-15-49(54)56(41-31-36-30-37(33-41)34-42(56)32-36)50-35-45(28-29-55(50)61)57(51-18-9-11-40-10-1-2-12-46(40)51)43-24-20-38(21-25-43)39-22-26-44(27-23-39)58-52-16-6-3-13-47(52)48-14-4-7-17-53(48)58/h1-29,35-37,41-42H,30-34H2. The molecule has 4 aliphatic carbocycles. The van der Waals surface area contributed by atoms with Gasteiger partial charge in [0.15, 0.2) is 0 Å². The van der Waals surface area contributed by atoms with Crippen molar-refractivity contribution in [1.82, 2.24) is 4.57 Å². The van der Waals surface area contributed by atoms with Gasteiger partial charge < -0.3 is 9.47 Å². The van der Waals surface area contributed by atoms with Crippen LogP contribution in [0.2, 0.25) is 0 Å². The predicted octanol–water partition coefficient (Wildman–Crippen LogP) is 14.0. The van der Waals surface area contributed by atoms with E-state index in [-0.39, 0.29) is 5.41 Å². The number of sulfone groups is 1. The summed E-state index contributed by atoms with van der Waals surface area (Å²) in [6.45, 7) is 0. The number of aromatic nitrogens is 1. The molecule has 5 aliphatic rings. The minimum atomic E-state index is -3.71. The molecule has 1 aromatic heterocycles. The van der Waals surface area contributed by atoms with Gasteiger partial charge in [-0.3, -0.25) is 0 Å². The van der Waals surface area contributed by atoms with Crippen molar-refractivity contribution in [1.29, 1.82) is 0 Å². The number of anilines is 3. The van der Waals surface area contributed by atoms with E-state index < -0.39 is 9.84 Å². The minimum Gasteiger partial charge on any atom is -0.310 e. The SMILES string of the molecule is O=S1(=O)c2ccccc2C2(c3cc(N(c4ccc(-c5ccc(-n6c7ccccc7c7ccccc76)cc5)cc4)c4cccc5ccccc45)ccc31)C1CC3CC(C1)CC2C3. The van der Waals surface area contributed by atoms with Crippen LogP contribution < -0.4 is 4.90 Å². The molecule has 4 fully saturated rings. The van der Waals surface area contributed by atoms with Crippen molar-refractivity contribution in [2.24, 2.45) is 23.7 Å². The first-order valence-corrected chi connectivity index (χ1v) is 23.4. The molecule has 14 rings (SSSR count). The smallest absolute Gasteiger partial charge is 0.207 e. The van der Waals surface area contributed by atoms with E-state index in [9.17, 15) is 8.42 Å². The van der Waals surface area contributed by atoms with Crippen LogP contribution in [0.5, 0.6) is 0 Å². The molecule has 0 saturated heterocycles. The van der Waals surface area contributed by atoms with Crippen molar-refractivity contribution in [3.05, 3.63) is 193 Å². The highest BCUT2D eigenvalue weighted by atomic mass is 32.2. The van der Waals surface area contributed by atoms with Gasteiger partial charge >= 0.3 is 0 Å². The third kappa shape index (κ3) is 5.01. The number of hydrogen-bond donors (Lipinski definition) is 0. The molecule has 1 spiro atoms. The lowest BCUT2D eigenvalue weighted by atomic mass is 9.42. The summed E-state index contributed by atoms with van der Waals surface area (Å²) >= 11 is 0. The van der Waals surface area contributed by atoms with Crippen molar-refractivity contribution in [2.45, 2.75) is 47.3 Å². The quantitative estimate of drug-likeness (QED) is 0.174. The molecule has 1 aliphatic heterocycles. The molecular weight excluding hydrogens is 765 g/mol. The Hall–Kier alpha value is -6.43. The third-order valence-electron chi connectivity index (χ3n) is 15.2. The summed E-state index contributed by atoms with van der Waals surface area (Å²) in [7, 11) is -3.71. The van der Waals surface area contributed by atoms with Gasteiger partial charge in [-0.1, -0.05) is 115 Å². The van der Waals surface area contributed by atoms with Crippen molar-refractivity contribution >= 4 is 59.5 Å². The van der Waals surface area contributed by atoms with E-state index in [2.05, 4.69) is 173 Å². The molecule has 296 valence electrons. The van der Waals surface area contributed by atoms with Crippen LogP contribution in [-0.4, -0.2) is 13.0 Å². The van der Waals surface area contributed by atoms with E-state index in [1.807, 2.05) is 18.2 Å². The molecule has 61 heavy (non-hydrogen) atoms. The third-order valence-corrected chi connectivity index (χ3v) is 17.0. The number of rotatable bonds is 5. The molecule has 9 aromatic rings. The second kappa shape index (κ2) is 13.0. The van der Waals surface area contributed by atoms with E-state index in [1.54, 1.807) is 0 Å². The van der Waals surface area contributed by atoms with Gasteiger partial charge in [0.05, 0.1) is 26.5 Å². The Bertz CT molecular complexity index is 3260. The van der Waals surface area contributed by atoms with Crippen LogP contribution in [0.15, 0.2) is 192 Å². The van der Waals surface area contributed by atoms with Crippen LogP contribution in [0.4, 0.5) is 17.1 Å².